The Hall–Kier alpha value is -0.940. The summed E-state index contributed by atoms with van der Waals surface area (Å²) in [6, 6.07) is 0. The molecule has 16 heavy (non-hydrogen) atoms. The summed E-state index contributed by atoms with van der Waals surface area (Å²) in [5.74, 6) is -0.142. The molecule has 1 aromatic rings. The molecule has 0 aliphatic carbocycles. The second-order valence-corrected chi connectivity index (χ2v) is 5.34. The van der Waals surface area contributed by atoms with E-state index in [-0.39, 0.29) is 6.42 Å². The number of nitrogens with zero attached hydrogens (tertiary/aromatic N) is 1. The molecule has 0 radical (unpaired) electrons. The molecule has 1 rings (SSSR count). The highest BCUT2D eigenvalue weighted by molar-refractivity contribution is 7.11. The summed E-state index contributed by atoms with van der Waals surface area (Å²) >= 11 is 1.70. The van der Waals surface area contributed by atoms with Gasteiger partial charge >= 0.3 is 5.97 Å². The molecule has 0 atom stereocenters. The van der Waals surface area contributed by atoms with Gasteiger partial charge in [0.1, 0.15) is 0 Å². The van der Waals surface area contributed by atoms with E-state index in [2.05, 4.69) is 24.1 Å². The zero-order valence-corrected chi connectivity index (χ0v) is 10.5. The lowest BCUT2D eigenvalue weighted by atomic mass is 10.1. The van der Waals surface area contributed by atoms with Crippen molar-refractivity contribution in [2.24, 2.45) is 5.92 Å². The van der Waals surface area contributed by atoms with Crippen LogP contribution in [0, 0.1) is 5.92 Å². The molecular formula is C11H18N2O2S. The molecule has 90 valence electrons. The normalized spacial score (nSPS) is 10.9. The summed E-state index contributed by atoms with van der Waals surface area (Å²) in [6.07, 6.45) is 3.05. The number of aromatic nitrogens is 1. The fraction of sp³-hybridized carbons (Fsp3) is 0.636. The van der Waals surface area contributed by atoms with Gasteiger partial charge in [0.15, 0.2) is 0 Å². The number of carbonyl (C=O) groups is 1. The van der Waals surface area contributed by atoms with Crippen LogP contribution >= 0.6 is 11.3 Å². The van der Waals surface area contributed by atoms with Crippen molar-refractivity contribution in [3.05, 3.63) is 16.1 Å². The monoisotopic (exact) mass is 242 g/mol. The molecule has 1 heterocycles. The molecule has 0 bridgehead atoms. The van der Waals surface area contributed by atoms with Crippen LogP contribution in [0.5, 0.6) is 0 Å². The third-order valence-electron chi connectivity index (χ3n) is 2.00. The molecule has 4 nitrogen and oxygen atoms in total. The number of carboxylic acid groups (broad SMARTS) is 1. The first-order chi connectivity index (χ1) is 7.58. The van der Waals surface area contributed by atoms with Crippen LogP contribution in [-0.4, -0.2) is 22.6 Å². The van der Waals surface area contributed by atoms with Gasteiger partial charge in [0, 0.05) is 30.6 Å². The summed E-state index contributed by atoms with van der Waals surface area (Å²) in [5, 5.41) is 12.7. The average molecular weight is 242 g/mol. The topological polar surface area (TPSA) is 62.2 Å². The van der Waals surface area contributed by atoms with Crippen molar-refractivity contribution in [3.8, 4) is 0 Å². The molecule has 0 fully saturated rings. The lowest BCUT2D eigenvalue weighted by molar-refractivity contribution is -0.136. The summed E-state index contributed by atoms with van der Waals surface area (Å²) < 4.78 is 0. The van der Waals surface area contributed by atoms with Crippen LogP contribution in [0.1, 0.15) is 30.2 Å². The van der Waals surface area contributed by atoms with Crippen molar-refractivity contribution >= 4 is 17.3 Å². The van der Waals surface area contributed by atoms with Crippen molar-refractivity contribution in [3.63, 3.8) is 0 Å². The van der Waals surface area contributed by atoms with Crippen molar-refractivity contribution in [2.75, 3.05) is 6.54 Å². The molecule has 0 unspecified atom stereocenters. The third kappa shape index (κ3) is 5.23. The van der Waals surface area contributed by atoms with Gasteiger partial charge in [-0.3, -0.25) is 4.79 Å². The Morgan fingerprint density at radius 1 is 1.62 bits per heavy atom. The molecule has 2 N–H and O–H groups in total. The van der Waals surface area contributed by atoms with Gasteiger partial charge in [-0.25, -0.2) is 4.98 Å². The highest BCUT2D eigenvalue weighted by Crippen LogP contribution is 2.16. The maximum absolute atomic E-state index is 10.3. The van der Waals surface area contributed by atoms with Gasteiger partial charge in [-0.2, -0.15) is 0 Å². The molecule has 0 aromatic carbocycles. The van der Waals surface area contributed by atoms with Crippen LogP contribution < -0.4 is 5.32 Å². The molecule has 0 aliphatic heterocycles. The van der Waals surface area contributed by atoms with E-state index in [0.29, 0.717) is 19.0 Å². The van der Waals surface area contributed by atoms with Crippen LogP contribution in [0.15, 0.2) is 6.20 Å². The van der Waals surface area contributed by atoms with Gasteiger partial charge in [0.25, 0.3) is 0 Å². The highest BCUT2D eigenvalue weighted by Gasteiger charge is 2.04. The molecule has 0 spiro atoms. The second-order valence-electron chi connectivity index (χ2n) is 4.14. The summed E-state index contributed by atoms with van der Waals surface area (Å²) in [4.78, 5) is 15.8. The van der Waals surface area contributed by atoms with E-state index < -0.39 is 5.97 Å². The molecule has 0 aliphatic rings. The summed E-state index contributed by atoms with van der Waals surface area (Å²) in [5.41, 5.74) is 0. The van der Waals surface area contributed by atoms with Gasteiger partial charge in [-0.15, -0.1) is 11.3 Å². The number of hydrogen-bond donors (Lipinski definition) is 2. The Morgan fingerprint density at radius 2 is 2.38 bits per heavy atom. The van der Waals surface area contributed by atoms with Crippen molar-refractivity contribution < 1.29 is 9.90 Å². The molecule has 0 amide bonds. The van der Waals surface area contributed by atoms with Crippen molar-refractivity contribution in [2.45, 2.75) is 33.2 Å². The van der Waals surface area contributed by atoms with Gasteiger partial charge in [0.05, 0.1) is 11.4 Å². The number of thiazole rings is 1. The second kappa shape index (κ2) is 6.60. The summed E-state index contributed by atoms with van der Waals surface area (Å²) in [6.45, 7) is 5.56. The van der Waals surface area contributed by atoms with E-state index in [4.69, 9.17) is 5.11 Å². The lowest BCUT2D eigenvalue weighted by Gasteiger charge is -2.00. The smallest absolute Gasteiger partial charge is 0.304 e. The first kappa shape index (κ1) is 13.1. The first-order valence-electron chi connectivity index (χ1n) is 5.44. The first-order valence-corrected chi connectivity index (χ1v) is 6.25. The fourth-order valence-electron chi connectivity index (χ4n) is 1.28. The number of nitrogens with one attached hydrogen (secondary N) is 1. The minimum absolute atomic E-state index is 0.164. The average Bonchev–Trinajstić information content (AvgIpc) is 2.59. The van der Waals surface area contributed by atoms with E-state index in [0.717, 1.165) is 11.4 Å². The van der Waals surface area contributed by atoms with Crippen LogP contribution in [0.3, 0.4) is 0 Å². The molecule has 5 heteroatoms. The van der Waals surface area contributed by atoms with Gasteiger partial charge in [-0.1, -0.05) is 13.8 Å². The zero-order chi connectivity index (χ0) is 12.0. The van der Waals surface area contributed by atoms with Crippen molar-refractivity contribution in [1.82, 2.24) is 10.3 Å². The van der Waals surface area contributed by atoms with Gasteiger partial charge < -0.3 is 10.4 Å². The lowest BCUT2D eigenvalue weighted by Crippen LogP contribution is -2.16. The number of aliphatic carboxylic acids is 1. The predicted octanol–water partition coefficient (Wildman–Crippen LogP) is 1.91. The van der Waals surface area contributed by atoms with E-state index in [9.17, 15) is 4.79 Å². The molecular weight excluding hydrogens is 224 g/mol. The van der Waals surface area contributed by atoms with E-state index in [1.54, 1.807) is 11.3 Å². The number of hydrogen-bond acceptors (Lipinski definition) is 4. The van der Waals surface area contributed by atoms with E-state index in [1.807, 2.05) is 6.20 Å². The number of rotatable bonds is 7. The standard InChI is InChI=1S/C11H18N2O2S/c1-8(2)5-10-13-7-9(16-10)6-12-4-3-11(14)15/h7-8,12H,3-6H2,1-2H3,(H,14,15). The van der Waals surface area contributed by atoms with Crippen molar-refractivity contribution in [1.29, 1.82) is 0 Å². The summed E-state index contributed by atoms with van der Waals surface area (Å²) in [7, 11) is 0. The van der Waals surface area contributed by atoms with Crippen LogP contribution in [0.2, 0.25) is 0 Å². The van der Waals surface area contributed by atoms with E-state index >= 15 is 0 Å². The van der Waals surface area contributed by atoms with E-state index in [1.165, 1.54) is 4.88 Å². The quantitative estimate of drug-likeness (QED) is 0.717. The SMILES string of the molecule is CC(C)Cc1ncc(CNCCC(=O)O)s1. The number of carboxylic acids is 1. The van der Waals surface area contributed by atoms with Gasteiger partial charge in [-0.05, 0) is 5.92 Å². The molecule has 1 aromatic heterocycles. The van der Waals surface area contributed by atoms with Gasteiger partial charge in [0.2, 0.25) is 0 Å². The minimum atomic E-state index is -0.766. The fourth-order valence-corrected chi connectivity index (χ4v) is 2.38. The largest absolute Gasteiger partial charge is 0.481 e. The highest BCUT2D eigenvalue weighted by atomic mass is 32.1. The predicted molar refractivity (Wildman–Crippen MR) is 64.6 cm³/mol. The Bertz CT molecular complexity index is 336. The Morgan fingerprint density at radius 3 is 3.00 bits per heavy atom. The minimum Gasteiger partial charge on any atom is -0.481 e. The maximum atomic E-state index is 10.3. The molecule has 0 saturated heterocycles. The zero-order valence-electron chi connectivity index (χ0n) is 9.69. The van der Waals surface area contributed by atoms with Crippen LogP contribution in [0.4, 0.5) is 0 Å². The molecule has 0 saturated carbocycles. The van der Waals surface area contributed by atoms with Crippen LogP contribution in [0.25, 0.3) is 0 Å². The Kier molecular flexibility index (Phi) is 5.42. The van der Waals surface area contributed by atoms with Crippen LogP contribution in [-0.2, 0) is 17.8 Å². The maximum Gasteiger partial charge on any atom is 0.304 e. The third-order valence-corrected chi connectivity index (χ3v) is 3.02. The Balaban J connectivity index is 2.26. The Labute approximate surface area is 99.7 Å².